The van der Waals surface area contributed by atoms with E-state index in [-0.39, 0.29) is 0 Å². The molecule has 0 aromatic heterocycles. The van der Waals surface area contributed by atoms with Crippen LogP contribution in [0, 0.1) is 0 Å². The summed E-state index contributed by atoms with van der Waals surface area (Å²) in [6.07, 6.45) is 3.60. The second kappa shape index (κ2) is 7.92. The van der Waals surface area contributed by atoms with Crippen LogP contribution >= 0.6 is 0 Å². The average molecular weight is 289 g/mol. The molecule has 3 heteroatoms. The Morgan fingerprint density at radius 1 is 1.24 bits per heavy atom. The van der Waals surface area contributed by atoms with Crippen LogP contribution in [0.2, 0.25) is 0 Å². The van der Waals surface area contributed by atoms with Crippen molar-refractivity contribution in [1.82, 2.24) is 9.80 Å². The highest BCUT2D eigenvalue weighted by molar-refractivity contribution is 5.30. The van der Waals surface area contributed by atoms with Gasteiger partial charge < -0.3 is 10.6 Å². The summed E-state index contributed by atoms with van der Waals surface area (Å²) in [4.78, 5) is 5.07. The third-order valence-corrected chi connectivity index (χ3v) is 5.09. The van der Waals surface area contributed by atoms with E-state index in [0.29, 0.717) is 18.6 Å². The standard InChI is InChI=1S/C18H31N3/c1-4-15-8-6-7-9-17(15)18(14-19)20(3)16-10-12-21(5-2)13-11-16/h6-9,16,18H,4-5,10-14,19H2,1-3H3. The summed E-state index contributed by atoms with van der Waals surface area (Å²) in [5.74, 6) is 0. The lowest BCUT2D eigenvalue weighted by molar-refractivity contribution is 0.100. The van der Waals surface area contributed by atoms with Gasteiger partial charge in [0.05, 0.1) is 0 Å². The zero-order valence-electron chi connectivity index (χ0n) is 13.9. The molecule has 0 saturated carbocycles. The van der Waals surface area contributed by atoms with Crippen molar-refractivity contribution in [3.05, 3.63) is 35.4 Å². The summed E-state index contributed by atoms with van der Waals surface area (Å²) in [7, 11) is 2.26. The number of likely N-dealkylation sites (N-methyl/N-ethyl adjacent to an activating group) is 1. The molecule has 0 radical (unpaired) electrons. The van der Waals surface area contributed by atoms with Crippen LogP contribution in [-0.4, -0.2) is 49.1 Å². The molecule has 3 nitrogen and oxygen atoms in total. The van der Waals surface area contributed by atoms with Gasteiger partial charge in [0.15, 0.2) is 0 Å². The minimum absolute atomic E-state index is 0.347. The number of piperidine rings is 1. The van der Waals surface area contributed by atoms with Crippen LogP contribution in [-0.2, 0) is 6.42 Å². The molecule has 0 spiro atoms. The first-order valence-corrected chi connectivity index (χ1v) is 8.43. The molecule has 1 fully saturated rings. The summed E-state index contributed by atoms with van der Waals surface area (Å²) in [5, 5.41) is 0. The van der Waals surface area contributed by atoms with Crippen LogP contribution in [0.25, 0.3) is 0 Å². The molecular weight excluding hydrogens is 258 g/mol. The van der Waals surface area contributed by atoms with Crippen LogP contribution in [0.1, 0.15) is 43.9 Å². The Morgan fingerprint density at radius 3 is 2.48 bits per heavy atom. The molecule has 2 N–H and O–H groups in total. The van der Waals surface area contributed by atoms with Crippen molar-refractivity contribution in [3.8, 4) is 0 Å². The highest BCUT2D eigenvalue weighted by Gasteiger charge is 2.27. The largest absolute Gasteiger partial charge is 0.329 e. The van der Waals surface area contributed by atoms with Crippen molar-refractivity contribution in [2.75, 3.05) is 33.2 Å². The average Bonchev–Trinajstić information content (AvgIpc) is 2.56. The van der Waals surface area contributed by atoms with E-state index in [1.807, 2.05) is 0 Å². The van der Waals surface area contributed by atoms with Gasteiger partial charge in [-0.3, -0.25) is 4.90 Å². The fraction of sp³-hybridized carbons (Fsp3) is 0.667. The number of likely N-dealkylation sites (tertiary alicyclic amines) is 1. The highest BCUT2D eigenvalue weighted by atomic mass is 15.2. The van der Waals surface area contributed by atoms with Gasteiger partial charge in [0, 0.05) is 18.6 Å². The first-order valence-electron chi connectivity index (χ1n) is 8.43. The molecule has 1 aromatic carbocycles. The molecule has 1 aliphatic rings. The highest BCUT2D eigenvalue weighted by Crippen LogP contribution is 2.27. The Labute approximate surface area is 130 Å². The molecule has 1 heterocycles. The van der Waals surface area contributed by atoms with Gasteiger partial charge >= 0.3 is 0 Å². The molecule has 0 aliphatic carbocycles. The number of aryl methyl sites for hydroxylation is 1. The molecule has 21 heavy (non-hydrogen) atoms. The van der Waals surface area contributed by atoms with Gasteiger partial charge in [-0.05, 0) is 57.1 Å². The van der Waals surface area contributed by atoms with Gasteiger partial charge in [-0.2, -0.15) is 0 Å². The molecule has 118 valence electrons. The van der Waals surface area contributed by atoms with Gasteiger partial charge in [0.25, 0.3) is 0 Å². The van der Waals surface area contributed by atoms with Crippen molar-refractivity contribution < 1.29 is 0 Å². The smallest absolute Gasteiger partial charge is 0.0473 e. The Balaban J connectivity index is 2.10. The van der Waals surface area contributed by atoms with Crippen molar-refractivity contribution in [3.63, 3.8) is 0 Å². The SMILES string of the molecule is CCc1ccccc1C(CN)N(C)C1CCN(CC)CC1. The minimum Gasteiger partial charge on any atom is -0.329 e. The summed E-state index contributed by atoms with van der Waals surface area (Å²) < 4.78 is 0. The molecule has 1 aliphatic heterocycles. The minimum atomic E-state index is 0.347. The van der Waals surface area contributed by atoms with Crippen molar-refractivity contribution in [2.45, 2.75) is 45.2 Å². The third-order valence-electron chi connectivity index (χ3n) is 5.09. The first kappa shape index (κ1) is 16.5. The van der Waals surface area contributed by atoms with Gasteiger partial charge in [-0.1, -0.05) is 38.1 Å². The second-order valence-corrected chi connectivity index (χ2v) is 6.13. The molecule has 1 unspecified atom stereocenters. The van der Waals surface area contributed by atoms with Gasteiger partial charge in [0.1, 0.15) is 0 Å². The Morgan fingerprint density at radius 2 is 1.90 bits per heavy atom. The maximum atomic E-state index is 6.14. The van der Waals surface area contributed by atoms with Crippen LogP contribution in [0.15, 0.2) is 24.3 Å². The Hall–Kier alpha value is -0.900. The predicted molar refractivity (Wildman–Crippen MR) is 90.5 cm³/mol. The summed E-state index contributed by atoms with van der Waals surface area (Å²) >= 11 is 0. The number of hydrogen-bond donors (Lipinski definition) is 1. The van der Waals surface area contributed by atoms with Crippen LogP contribution < -0.4 is 5.73 Å². The fourth-order valence-corrected chi connectivity index (χ4v) is 3.59. The molecular formula is C18H31N3. The predicted octanol–water partition coefficient (Wildman–Crippen LogP) is 2.66. The van der Waals surface area contributed by atoms with Crippen LogP contribution in [0.3, 0.4) is 0 Å². The Kier molecular flexibility index (Phi) is 6.22. The van der Waals surface area contributed by atoms with Gasteiger partial charge in [-0.25, -0.2) is 0 Å². The zero-order valence-corrected chi connectivity index (χ0v) is 13.9. The van der Waals surface area contributed by atoms with E-state index in [4.69, 9.17) is 5.73 Å². The van der Waals surface area contributed by atoms with Crippen LogP contribution in [0.5, 0.6) is 0 Å². The number of rotatable bonds is 6. The summed E-state index contributed by atoms with van der Waals surface area (Å²) in [5.41, 5.74) is 8.99. The van der Waals surface area contributed by atoms with Crippen molar-refractivity contribution in [2.24, 2.45) is 5.73 Å². The molecule has 0 bridgehead atoms. The zero-order chi connectivity index (χ0) is 15.2. The molecule has 2 rings (SSSR count). The lowest BCUT2D eigenvalue weighted by atomic mass is 9.94. The van der Waals surface area contributed by atoms with E-state index < -0.39 is 0 Å². The molecule has 1 saturated heterocycles. The second-order valence-electron chi connectivity index (χ2n) is 6.13. The number of nitrogens with zero attached hydrogens (tertiary/aromatic N) is 2. The van der Waals surface area contributed by atoms with Gasteiger partial charge in [-0.15, -0.1) is 0 Å². The maximum absolute atomic E-state index is 6.14. The van der Waals surface area contributed by atoms with E-state index >= 15 is 0 Å². The van der Waals surface area contributed by atoms with Crippen LogP contribution in [0.4, 0.5) is 0 Å². The van der Waals surface area contributed by atoms with E-state index in [2.05, 4.69) is 55.0 Å². The Bertz CT molecular complexity index is 424. The number of hydrogen-bond acceptors (Lipinski definition) is 3. The monoisotopic (exact) mass is 289 g/mol. The summed E-state index contributed by atoms with van der Waals surface area (Å²) in [6.45, 7) is 8.80. The summed E-state index contributed by atoms with van der Waals surface area (Å²) in [6, 6.07) is 9.78. The first-order chi connectivity index (χ1) is 10.2. The van der Waals surface area contributed by atoms with E-state index in [0.717, 1.165) is 6.42 Å². The van der Waals surface area contributed by atoms with E-state index in [9.17, 15) is 0 Å². The van der Waals surface area contributed by atoms with Crippen molar-refractivity contribution >= 4 is 0 Å². The maximum Gasteiger partial charge on any atom is 0.0473 e. The number of benzene rings is 1. The normalized spacial score (nSPS) is 19.1. The molecule has 1 atom stereocenters. The fourth-order valence-electron chi connectivity index (χ4n) is 3.59. The number of nitrogens with two attached hydrogens (primary N) is 1. The molecule has 0 amide bonds. The quantitative estimate of drug-likeness (QED) is 0.874. The van der Waals surface area contributed by atoms with Gasteiger partial charge in [0.2, 0.25) is 0 Å². The van der Waals surface area contributed by atoms with Crippen molar-refractivity contribution in [1.29, 1.82) is 0 Å². The van der Waals surface area contributed by atoms with E-state index in [1.165, 1.54) is 43.6 Å². The molecule has 1 aromatic rings. The lowest BCUT2D eigenvalue weighted by Gasteiger charge is -2.40. The lowest BCUT2D eigenvalue weighted by Crippen LogP contribution is -2.46. The third kappa shape index (κ3) is 3.85. The topological polar surface area (TPSA) is 32.5 Å². The van der Waals surface area contributed by atoms with E-state index in [1.54, 1.807) is 0 Å².